The number of ketones is 1. The Morgan fingerprint density at radius 3 is 2.29 bits per heavy atom. The smallest absolute Gasteiger partial charge is 0.326 e. The third kappa shape index (κ3) is 3.31. The summed E-state index contributed by atoms with van der Waals surface area (Å²) in [4.78, 5) is 22.5. The number of nitrogens with one attached hydrogen (secondary N) is 1. The van der Waals surface area contributed by atoms with Crippen molar-refractivity contribution < 1.29 is 14.7 Å². The Labute approximate surface area is 101 Å². The van der Waals surface area contributed by atoms with Gasteiger partial charge in [-0.15, -0.1) is 0 Å². The molecule has 0 amide bonds. The molecule has 0 aliphatic heterocycles. The number of Topliss-reactive ketones (excluding diaryl/α,β-unsaturated/α-hetero) is 1. The topological polar surface area (TPSA) is 66.4 Å². The maximum absolute atomic E-state index is 11.4. The quantitative estimate of drug-likeness (QED) is 0.769. The van der Waals surface area contributed by atoms with Crippen LogP contribution in [-0.4, -0.2) is 22.9 Å². The number of hydrogen-bond acceptors (Lipinski definition) is 3. The molecule has 0 radical (unpaired) electrons. The molecular formula is C13H17NO3. The van der Waals surface area contributed by atoms with Crippen molar-refractivity contribution in [3.63, 3.8) is 0 Å². The van der Waals surface area contributed by atoms with Crippen LogP contribution in [0.3, 0.4) is 0 Å². The average molecular weight is 235 g/mol. The lowest BCUT2D eigenvalue weighted by molar-refractivity contribution is -0.138. The zero-order chi connectivity index (χ0) is 13.0. The first kappa shape index (κ1) is 13.2. The number of para-hydroxylation sites is 1. The van der Waals surface area contributed by atoms with Crippen LogP contribution in [0, 0.1) is 5.92 Å². The van der Waals surface area contributed by atoms with Gasteiger partial charge < -0.3 is 10.4 Å². The number of carbonyl (C=O) groups is 2. The zero-order valence-corrected chi connectivity index (χ0v) is 10.2. The van der Waals surface area contributed by atoms with E-state index < -0.39 is 12.0 Å². The fourth-order valence-electron chi connectivity index (χ4n) is 1.60. The number of carboxylic acid groups (broad SMARTS) is 1. The van der Waals surface area contributed by atoms with Crippen molar-refractivity contribution in [2.45, 2.75) is 26.8 Å². The maximum atomic E-state index is 11.4. The van der Waals surface area contributed by atoms with Crippen LogP contribution in [0.4, 0.5) is 5.69 Å². The van der Waals surface area contributed by atoms with Gasteiger partial charge in [0.2, 0.25) is 0 Å². The summed E-state index contributed by atoms with van der Waals surface area (Å²) in [6, 6.07) is 6.23. The number of benzene rings is 1. The Morgan fingerprint density at radius 1 is 1.24 bits per heavy atom. The van der Waals surface area contributed by atoms with Gasteiger partial charge in [-0.3, -0.25) is 4.79 Å². The molecule has 0 aliphatic rings. The second-order valence-corrected chi connectivity index (χ2v) is 4.31. The molecule has 1 aromatic rings. The minimum atomic E-state index is -0.918. The standard InChI is InChI=1S/C13H17NO3/c1-8(2)12(13(16)17)14-11-7-5-4-6-10(11)9(3)15/h4-8,12,14H,1-3H3,(H,16,17). The number of anilines is 1. The van der Waals surface area contributed by atoms with Gasteiger partial charge in [0.25, 0.3) is 0 Å². The van der Waals surface area contributed by atoms with E-state index in [1.807, 2.05) is 13.8 Å². The summed E-state index contributed by atoms with van der Waals surface area (Å²) >= 11 is 0. The van der Waals surface area contributed by atoms with E-state index >= 15 is 0 Å². The van der Waals surface area contributed by atoms with E-state index in [1.54, 1.807) is 24.3 Å². The predicted octanol–water partition coefficient (Wildman–Crippen LogP) is 2.41. The summed E-state index contributed by atoms with van der Waals surface area (Å²) in [5.41, 5.74) is 1.08. The van der Waals surface area contributed by atoms with E-state index in [4.69, 9.17) is 5.11 Å². The molecule has 17 heavy (non-hydrogen) atoms. The summed E-state index contributed by atoms with van der Waals surface area (Å²) < 4.78 is 0. The Hall–Kier alpha value is -1.84. The van der Waals surface area contributed by atoms with Crippen LogP contribution in [0.25, 0.3) is 0 Å². The van der Waals surface area contributed by atoms with E-state index in [-0.39, 0.29) is 11.7 Å². The molecule has 2 N–H and O–H groups in total. The van der Waals surface area contributed by atoms with Gasteiger partial charge in [-0.1, -0.05) is 26.0 Å². The Kier molecular flexibility index (Phi) is 4.26. The highest BCUT2D eigenvalue weighted by Crippen LogP contribution is 2.18. The lowest BCUT2D eigenvalue weighted by Gasteiger charge is -2.20. The minimum absolute atomic E-state index is 0.0625. The number of aliphatic carboxylic acids is 1. The van der Waals surface area contributed by atoms with Crippen LogP contribution >= 0.6 is 0 Å². The van der Waals surface area contributed by atoms with Crippen molar-refractivity contribution >= 4 is 17.4 Å². The van der Waals surface area contributed by atoms with E-state index in [1.165, 1.54) is 6.92 Å². The highest BCUT2D eigenvalue weighted by molar-refractivity contribution is 6.00. The van der Waals surface area contributed by atoms with Gasteiger partial charge in [0.05, 0.1) is 0 Å². The molecule has 1 atom stereocenters. The molecule has 0 bridgehead atoms. The van der Waals surface area contributed by atoms with Crippen molar-refractivity contribution in [2.75, 3.05) is 5.32 Å². The molecule has 0 aromatic heterocycles. The molecule has 0 heterocycles. The van der Waals surface area contributed by atoms with Crippen molar-refractivity contribution in [3.8, 4) is 0 Å². The lowest BCUT2D eigenvalue weighted by atomic mass is 10.0. The van der Waals surface area contributed by atoms with Gasteiger partial charge >= 0.3 is 5.97 Å². The van der Waals surface area contributed by atoms with Gasteiger partial charge in [0.1, 0.15) is 6.04 Å². The fourth-order valence-corrected chi connectivity index (χ4v) is 1.60. The minimum Gasteiger partial charge on any atom is -0.480 e. The summed E-state index contributed by atoms with van der Waals surface area (Å²) in [5.74, 6) is -1.06. The van der Waals surface area contributed by atoms with E-state index in [0.29, 0.717) is 11.3 Å². The second-order valence-electron chi connectivity index (χ2n) is 4.31. The molecule has 0 saturated heterocycles. The Bertz CT molecular complexity index is 426. The first-order valence-electron chi connectivity index (χ1n) is 5.52. The van der Waals surface area contributed by atoms with Gasteiger partial charge in [0.15, 0.2) is 5.78 Å². The van der Waals surface area contributed by atoms with Crippen LogP contribution in [-0.2, 0) is 4.79 Å². The van der Waals surface area contributed by atoms with Crippen molar-refractivity contribution in [1.82, 2.24) is 0 Å². The second kappa shape index (κ2) is 5.48. The first-order chi connectivity index (χ1) is 7.93. The summed E-state index contributed by atoms with van der Waals surface area (Å²) in [6.07, 6.45) is 0. The predicted molar refractivity (Wildman–Crippen MR) is 66.3 cm³/mol. The molecule has 0 fully saturated rings. The van der Waals surface area contributed by atoms with Crippen LogP contribution in [0.1, 0.15) is 31.1 Å². The third-order valence-corrected chi connectivity index (χ3v) is 2.55. The molecule has 4 heteroatoms. The molecule has 92 valence electrons. The van der Waals surface area contributed by atoms with Crippen molar-refractivity contribution in [3.05, 3.63) is 29.8 Å². The molecule has 0 aliphatic carbocycles. The van der Waals surface area contributed by atoms with Crippen molar-refractivity contribution in [2.24, 2.45) is 5.92 Å². The highest BCUT2D eigenvalue weighted by Gasteiger charge is 2.22. The van der Waals surface area contributed by atoms with Crippen LogP contribution in [0.2, 0.25) is 0 Å². The van der Waals surface area contributed by atoms with Gasteiger partial charge in [-0.25, -0.2) is 4.79 Å². The number of carbonyl (C=O) groups excluding carboxylic acids is 1. The summed E-state index contributed by atoms with van der Waals surface area (Å²) in [6.45, 7) is 5.11. The Balaban J connectivity index is 3.01. The SMILES string of the molecule is CC(=O)c1ccccc1NC(C(=O)O)C(C)C. The first-order valence-corrected chi connectivity index (χ1v) is 5.52. The molecule has 0 spiro atoms. The monoisotopic (exact) mass is 235 g/mol. The molecule has 1 rings (SSSR count). The summed E-state index contributed by atoms with van der Waals surface area (Å²) in [7, 11) is 0. The lowest BCUT2D eigenvalue weighted by Crippen LogP contribution is -2.34. The normalized spacial score (nSPS) is 12.2. The molecule has 1 aromatic carbocycles. The van der Waals surface area contributed by atoms with E-state index in [2.05, 4.69) is 5.32 Å². The maximum Gasteiger partial charge on any atom is 0.326 e. The largest absolute Gasteiger partial charge is 0.480 e. The third-order valence-electron chi connectivity index (χ3n) is 2.55. The number of rotatable bonds is 5. The summed E-state index contributed by atoms with van der Waals surface area (Å²) in [5, 5.41) is 12.0. The van der Waals surface area contributed by atoms with E-state index in [0.717, 1.165) is 0 Å². The van der Waals surface area contributed by atoms with Gasteiger partial charge in [-0.2, -0.15) is 0 Å². The number of hydrogen-bond donors (Lipinski definition) is 2. The molecular weight excluding hydrogens is 218 g/mol. The fraction of sp³-hybridized carbons (Fsp3) is 0.385. The van der Waals surface area contributed by atoms with Crippen molar-refractivity contribution in [1.29, 1.82) is 0 Å². The average Bonchev–Trinajstić information content (AvgIpc) is 2.25. The van der Waals surface area contributed by atoms with Gasteiger partial charge in [0, 0.05) is 11.3 Å². The molecule has 1 unspecified atom stereocenters. The molecule has 4 nitrogen and oxygen atoms in total. The highest BCUT2D eigenvalue weighted by atomic mass is 16.4. The Morgan fingerprint density at radius 2 is 1.82 bits per heavy atom. The number of carboxylic acids is 1. The van der Waals surface area contributed by atoms with Crippen LogP contribution in [0.15, 0.2) is 24.3 Å². The zero-order valence-electron chi connectivity index (χ0n) is 10.2. The molecule has 0 saturated carbocycles. The van der Waals surface area contributed by atoms with Gasteiger partial charge in [-0.05, 0) is 25.0 Å². The van der Waals surface area contributed by atoms with Crippen LogP contribution < -0.4 is 5.32 Å². The van der Waals surface area contributed by atoms with Crippen LogP contribution in [0.5, 0.6) is 0 Å². The van der Waals surface area contributed by atoms with E-state index in [9.17, 15) is 9.59 Å².